The summed E-state index contributed by atoms with van der Waals surface area (Å²) in [6.07, 6.45) is 4.97. The summed E-state index contributed by atoms with van der Waals surface area (Å²) < 4.78 is 19.2. The van der Waals surface area contributed by atoms with Crippen LogP contribution in [0.1, 0.15) is 44.6 Å². The Morgan fingerprint density at radius 3 is 2.88 bits per heavy atom. The number of carbonyl (C=O) groups is 1. The highest BCUT2D eigenvalue weighted by Crippen LogP contribution is 2.35. The first-order chi connectivity index (χ1) is 12.1. The number of rotatable bonds is 5. The number of amides is 1. The van der Waals surface area contributed by atoms with Crippen molar-refractivity contribution < 1.29 is 13.9 Å². The highest BCUT2D eigenvalue weighted by atomic mass is 19.1. The number of hydrogen-bond acceptors (Lipinski definition) is 3. The van der Waals surface area contributed by atoms with Gasteiger partial charge >= 0.3 is 0 Å². The molecule has 138 valence electrons. The van der Waals surface area contributed by atoms with Crippen LogP contribution in [0, 0.1) is 5.82 Å². The molecule has 1 aromatic carbocycles. The molecule has 0 spiro atoms. The van der Waals surface area contributed by atoms with Gasteiger partial charge in [0.15, 0.2) is 0 Å². The molecule has 1 amide bonds. The number of carbonyl (C=O) groups excluding carboxylic acids is 1. The van der Waals surface area contributed by atoms with E-state index in [4.69, 9.17) is 4.74 Å². The highest BCUT2D eigenvalue weighted by molar-refractivity contribution is 5.88. The van der Waals surface area contributed by atoms with Crippen LogP contribution in [0.4, 0.5) is 4.39 Å². The van der Waals surface area contributed by atoms with Gasteiger partial charge in [0.25, 0.3) is 0 Å². The van der Waals surface area contributed by atoms with Crippen molar-refractivity contribution in [2.24, 2.45) is 0 Å². The van der Waals surface area contributed by atoms with Crippen LogP contribution in [0.5, 0.6) is 0 Å². The third-order valence-electron chi connectivity index (χ3n) is 5.78. The SMILES string of the molecule is CC1CCCCN1CCNC(=O)C1(c2cccc(F)c2)CCOCC1. The number of benzene rings is 1. The fourth-order valence-electron chi connectivity index (χ4n) is 4.12. The summed E-state index contributed by atoms with van der Waals surface area (Å²) in [5.41, 5.74) is 0.0908. The molecule has 4 nitrogen and oxygen atoms in total. The molecule has 2 heterocycles. The second-order valence-corrected chi connectivity index (χ2v) is 7.34. The molecule has 1 atom stereocenters. The van der Waals surface area contributed by atoms with Gasteiger partial charge in [0.2, 0.25) is 5.91 Å². The minimum Gasteiger partial charge on any atom is -0.381 e. The van der Waals surface area contributed by atoms with E-state index in [1.807, 2.05) is 6.07 Å². The van der Waals surface area contributed by atoms with Crippen LogP contribution < -0.4 is 5.32 Å². The van der Waals surface area contributed by atoms with Crippen LogP contribution in [-0.2, 0) is 14.9 Å². The van der Waals surface area contributed by atoms with Crippen molar-refractivity contribution in [2.75, 3.05) is 32.8 Å². The van der Waals surface area contributed by atoms with Crippen molar-refractivity contribution in [3.05, 3.63) is 35.6 Å². The molecule has 1 N–H and O–H groups in total. The molecule has 0 saturated carbocycles. The lowest BCUT2D eigenvalue weighted by Gasteiger charge is -2.37. The summed E-state index contributed by atoms with van der Waals surface area (Å²) >= 11 is 0. The van der Waals surface area contributed by atoms with Crippen LogP contribution in [0.25, 0.3) is 0 Å². The first-order valence-electron chi connectivity index (χ1n) is 9.48. The Bertz CT molecular complexity index is 587. The molecular weight excluding hydrogens is 319 g/mol. The van der Waals surface area contributed by atoms with Gasteiger partial charge in [0.05, 0.1) is 5.41 Å². The van der Waals surface area contributed by atoms with E-state index in [9.17, 15) is 9.18 Å². The van der Waals surface area contributed by atoms with Crippen LogP contribution in [0.15, 0.2) is 24.3 Å². The zero-order chi connectivity index (χ0) is 17.7. The molecule has 1 aromatic rings. The predicted octanol–water partition coefficient (Wildman–Crippen LogP) is 2.86. The number of ether oxygens (including phenoxy) is 1. The fraction of sp³-hybridized carbons (Fsp3) is 0.650. The Balaban J connectivity index is 1.65. The summed E-state index contributed by atoms with van der Waals surface area (Å²) in [5, 5.41) is 3.12. The van der Waals surface area contributed by atoms with Crippen molar-refractivity contribution in [3.63, 3.8) is 0 Å². The van der Waals surface area contributed by atoms with Crippen molar-refractivity contribution in [1.82, 2.24) is 10.2 Å². The molecule has 0 aliphatic carbocycles. The van der Waals surface area contributed by atoms with Crippen LogP contribution >= 0.6 is 0 Å². The topological polar surface area (TPSA) is 41.6 Å². The zero-order valence-electron chi connectivity index (χ0n) is 15.1. The largest absolute Gasteiger partial charge is 0.381 e. The zero-order valence-corrected chi connectivity index (χ0v) is 15.1. The molecule has 0 aromatic heterocycles. The van der Waals surface area contributed by atoms with Gasteiger partial charge in [-0.1, -0.05) is 18.6 Å². The Morgan fingerprint density at radius 2 is 2.16 bits per heavy atom. The van der Waals surface area contributed by atoms with Gasteiger partial charge < -0.3 is 10.1 Å². The van der Waals surface area contributed by atoms with Crippen molar-refractivity contribution in [2.45, 2.75) is 50.5 Å². The van der Waals surface area contributed by atoms with Gasteiger partial charge in [-0.2, -0.15) is 0 Å². The molecule has 2 aliphatic rings. The van der Waals surface area contributed by atoms with Crippen molar-refractivity contribution >= 4 is 5.91 Å². The molecule has 25 heavy (non-hydrogen) atoms. The maximum Gasteiger partial charge on any atom is 0.230 e. The van der Waals surface area contributed by atoms with Gasteiger partial charge in [-0.3, -0.25) is 9.69 Å². The second-order valence-electron chi connectivity index (χ2n) is 7.34. The Hall–Kier alpha value is -1.46. The Labute approximate surface area is 149 Å². The van der Waals surface area contributed by atoms with Crippen molar-refractivity contribution in [1.29, 1.82) is 0 Å². The number of nitrogens with one attached hydrogen (secondary N) is 1. The molecule has 3 rings (SSSR count). The number of likely N-dealkylation sites (tertiary alicyclic amines) is 1. The number of halogens is 1. The average molecular weight is 348 g/mol. The quantitative estimate of drug-likeness (QED) is 0.890. The minimum absolute atomic E-state index is 0.00561. The van der Waals surface area contributed by atoms with Gasteiger partial charge in [0, 0.05) is 32.3 Å². The van der Waals surface area contributed by atoms with Crippen LogP contribution in [-0.4, -0.2) is 49.7 Å². The normalized spacial score (nSPS) is 24.0. The van der Waals surface area contributed by atoms with Gasteiger partial charge in [0.1, 0.15) is 5.82 Å². The first-order valence-corrected chi connectivity index (χ1v) is 9.48. The summed E-state index contributed by atoms with van der Waals surface area (Å²) in [4.78, 5) is 15.5. The first kappa shape index (κ1) is 18.3. The highest BCUT2D eigenvalue weighted by Gasteiger charge is 2.41. The lowest BCUT2D eigenvalue weighted by molar-refractivity contribution is -0.130. The third-order valence-corrected chi connectivity index (χ3v) is 5.78. The van der Waals surface area contributed by atoms with E-state index < -0.39 is 5.41 Å². The summed E-state index contributed by atoms with van der Waals surface area (Å²) in [6, 6.07) is 7.06. The summed E-state index contributed by atoms with van der Waals surface area (Å²) in [5.74, 6) is -0.288. The summed E-state index contributed by atoms with van der Waals surface area (Å²) in [6.45, 7) is 5.96. The van der Waals surface area contributed by atoms with E-state index in [-0.39, 0.29) is 11.7 Å². The van der Waals surface area contributed by atoms with Gasteiger partial charge in [-0.25, -0.2) is 4.39 Å². The maximum atomic E-state index is 13.7. The Kier molecular flexibility index (Phi) is 6.07. The lowest BCUT2D eigenvalue weighted by atomic mass is 9.73. The molecule has 0 bridgehead atoms. The monoisotopic (exact) mass is 348 g/mol. The molecule has 2 aliphatic heterocycles. The third kappa shape index (κ3) is 4.21. The maximum absolute atomic E-state index is 13.7. The van der Waals surface area contributed by atoms with E-state index in [1.54, 1.807) is 6.07 Å². The lowest BCUT2D eigenvalue weighted by Crippen LogP contribution is -2.50. The average Bonchev–Trinajstić information content (AvgIpc) is 2.64. The predicted molar refractivity (Wildman–Crippen MR) is 96.0 cm³/mol. The van der Waals surface area contributed by atoms with Crippen LogP contribution in [0.3, 0.4) is 0 Å². The van der Waals surface area contributed by atoms with Gasteiger partial charge in [-0.05, 0) is 56.8 Å². The Morgan fingerprint density at radius 1 is 1.36 bits per heavy atom. The van der Waals surface area contributed by atoms with E-state index >= 15 is 0 Å². The number of nitrogens with zero attached hydrogens (tertiary/aromatic N) is 1. The molecular formula is C20H29FN2O2. The number of piperidine rings is 1. The second kappa shape index (κ2) is 8.28. The summed E-state index contributed by atoms with van der Waals surface area (Å²) in [7, 11) is 0. The van der Waals surface area contributed by atoms with E-state index in [0.29, 0.717) is 38.6 Å². The standard InChI is InChI=1S/C20H29FN2O2/c1-16-5-2-3-11-23(16)12-10-22-19(24)20(8-13-25-14-9-20)17-6-4-7-18(21)15-17/h4,6-7,15-16H,2-3,5,8-14H2,1H3,(H,22,24). The number of hydrogen-bond donors (Lipinski definition) is 1. The molecule has 1 unspecified atom stereocenters. The molecule has 0 radical (unpaired) electrons. The smallest absolute Gasteiger partial charge is 0.230 e. The van der Waals surface area contributed by atoms with E-state index in [0.717, 1.165) is 18.7 Å². The van der Waals surface area contributed by atoms with Crippen molar-refractivity contribution in [3.8, 4) is 0 Å². The molecule has 5 heteroatoms. The molecule has 2 fully saturated rings. The fourth-order valence-corrected chi connectivity index (χ4v) is 4.12. The van der Waals surface area contributed by atoms with Crippen LogP contribution in [0.2, 0.25) is 0 Å². The van der Waals surface area contributed by atoms with Gasteiger partial charge in [-0.15, -0.1) is 0 Å². The van der Waals surface area contributed by atoms with E-state index in [1.165, 1.54) is 31.4 Å². The minimum atomic E-state index is -0.673. The van der Waals surface area contributed by atoms with E-state index in [2.05, 4.69) is 17.1 Å². The molecule has 2 saturated heterocycles.